The van der Waals surface area contributed by atoms with Crippen LogP contribution in [-0.2, 0) is 4.79 Å². The molecule has 4 heteroatoms. The number of hydrogen-bond donors (Lipinski definition) is 1. The summed E-state index contributed by atoms with van der Waals surface area (Å²) in [5.74, 6) is -0.906. The molecule has 0 radical (unpaired) electrons. The number of benzene rings is 2. The van der Waals surface area contributed by atoms with Crippen molar-refractivity contribution in [3.8, 4) is 6.07 Å². The van der Waals surface area contributed by atoms with Gasteiger partial charge >= 0.3 is 0 Å². The van der Waals surface area contributed by atoms with Gasteiger partial charge in [-0.05, 0) is 60.9 Å². The topological polar surface area (TPSA) is 52.9 Å². The molecule has 2 aromatic rings. The molecule has 0 heterocycles. The van der Waals surface area contributed by atoms with Gasteiger partial charge in [0.2, 0.25) is 0 Å². The van der Waals surface area contributed by atoms with Crippen LogP contribution in [0.3, 0.4) is 0 Å². The molecule has 0 saturated carbocycles. The molecule has 2 aromatic carbocycles. The lowest BCUT2D eigenvalue weighted by molar-refractivity contribution is -0.112. The third-order valence-corrected chi connectivity index (χ3v) is 3.31. The third kappa shape index (κ3) is 3.80. The van der Waals surface area contributed by atoms with Crippen LogP contribution in [0.1, 0.15) is 16.7 Å². The highest BCUT2D eigenvalue weighted by atomic mass is 19.1. The molecule has 0 atom stereocenters. The van der Waals surface area contributed by atoms with Crippen molar-refractivity contribution in [3.05, 3.63) is 70.5 Å². The average molecular weight is 294 g/mol. The number of nitriles is 1. The Morgan fingerprint density at radius 2 is 1.82 bits per heavy atom. The molecule has 2 rings (SSSR count). The van der Waals surface area contributed by atoms with Crippen LogP contribution in [0, 0.1) is 31.0 Å². The number of anilines is 1. The van der Waals surface area contributed by atoms with E-state index in [0.717, 1.165) is 16.7 Å². The van der Waals surface area contributed by atoms with E-state index in [2.05, 4.69) is 5.32 Å². The Kier molecular flexibility index (Phi) is 4.70. The summed E-state index contributed by atoms with van der Waals surface area (Å²) in [5, 5.41) is 11.7. The number of amides is 1. The second-order valence-electron chi connectivity index (χ2n) is 4.97. The Balaban J connectivity index is 2.21. The second-order valence-corrected chi connectivity index (χ2v) is 4.97. The van der Waals surface area contributed by atoms with Gasteiger partial charge in [-0.25, -0.2) is 4.39 Å². The maximum absolute atomic E-state index is 12.8. The van der Waals surface area contributed by atoms with E-state index in [1.54, 1.807) is 0 Å². The van der Waals surface area contributed by atoms with Gasteiger partial charge in [0, 0.05) is 5.69 Å². The molecule has 0 saturated heterocycles. The monoisotopic (exact) mass is 294 g/mol. The number of nitrogens with one attached hydrogen (secondary N) is 1. The molecule has 0 aliphatic heterocycles. The lowest BCUT2D eigenvalue weighted by atomic mass is 10.0. The fourth-order valence-electron chi connectivity index (χ4n) is 1.90. The summed E-state index contributed by atoms with van der Waals surface area (Å²) < 4.78 is 12.8. The summed E-state index contributed by atoms with van der Waals surface area (Å²) in [6.07, 6.45) is 1.53. The smallest absolute Gasteiger partial charge is 0.266 e. The van der Waals surface area contributed by atoms with Crippen LogP contribution in [0.15, 0.2) is 48.0 Å². The molecule has 0 spiro atoms. The van der Waals surface area contributed by atoms with E-state index in [1.165, 1.54) is 30.3 Å². The lowest BCUT2D eigenvalue weighted by Gasteiger charge is -2.05. The number of nitrogens with zero attached hydrogens (tertiary/aromatic N) is 1. The van der Waals surface area contributed by atoms with Gasteiger partial charge in [-0.15, -0.1) is 0 Å². The summed E-state index contributed by atoms with van der Waals surface area (Å²) in [7, 11) is 0. The molecule has 1 amide bonds. The molecular weight excluding hydrogens is 279 g/mol. The van der Waals surface area contributed by atoms with E-state index < -0.39 is 5.91 Å². The van der Waals surface area contributed by atoms with Crippen molar-refractivity contribution in [1.82, 2.24) is 0 Å². The molecule has 0 unspecified atom stereocenters. The largest absolute Gasteiger partial charge is 0.321 e. The summed E-state index contributed by atoms with van der Waals surface area (Å²) in [5.41, 5.74) is 3.45. The van der Waals surface area contributed by atoms with Gasteiger partial charge in [0.1, 0.15) is 17.5 Å². The Morgan fingerprint density at radius 1 is 1.14 bits per heavy atom. The van der Waals surface area contributed by atoms with E-state index in [1.807, 2.05) is 38.1 Å². The highest BCUT2D eigenvalue weighted by Gasteiger charge is 2.09. The number of rotatable bonds is 3. The highest BCUT2D eigenvalue weighted by molar-refractivity contribution is 6.09. The number of halogens is 1. The number of hydrogen-bond acceptors (Lipinski definition) is 2. The Hall–Kier alpha value is -2.93. The molecule has 0 aliphatic rings. The number of carbonyl (C=O) groups is 1. The van der Waals surface area contributed by atoms with E-state index >= 15 is 0 Å². The summed E-state index contributed by atoms with van der Waals surface area (Å²) in [6.45, 7) is 3.96. The van der Waals surface area contributed by atoms with Crippen molar-refractivity contribution in [2.75, 3.05) is 5.32 Å². The first kappa shape index (κ1) is 15.5. The van der Waals surface area contributed by atoms with Crippen molar-refractivity contribution >= 4 is 17.7 Å². The number of carbonyl (C=O) groups excluding carboxylic acids is 1. The maximum Gasteiger partial charge on any atom is 0.266 e. The minimum Gasteiger partial charge on any atom is -0.321 e. The van der Waals surface area contributed by atoms with Crippen molar-refractivity contribution in [1.29, 1.82) is 5.26 Å². The van der Waals surface area contributed by atoms with E-state index in [4.69, 9.17) is 5.26 Å². The fourth-order valence-corrected chi connectivity index (χ4v) is 1.90. The van der Waals surface area contributed by atoms with Gasteiger partial charge in [-0.2, -0.15) is 5.26 Å². The zero-order valence-electron chi connectivity index (χ0n) is 12.4. The summed E-state index contributed by atoms with van der Waals surface area (Å²) >= 11 is 0. The van der Waals surface area contributed by atoms with Crippen LogP contribution in [0.5, 0.6) is 0 Å². The average Bonchev–Trinajstić information content (AvgIpc) is 2.50. The molecule has 3 nitrogen and oxygen atoms in total. The SMILES string of the molecule is Cc1ccc(/C=C(\C#N)C(=O)Nc2ccc(F)cc2)cc1C. The normalized spacial score (nSPS) is 10.9. The lowest BCUT2D eigenvalue weighted by Crippen LogP contribution is -2.13. The predicted molar refractivity (Wildman–Crippen MR) is 84.5 cm³/mol. The Labute approximate surface area is 128 Å². The van der Waals surface area contributed by atoms with Gasteiger partial charge in [0.25, 0.3) is 5.91 Å². The molecule has 1 N–H and O–H groups in total. The zero-order chi connectivity index (χ0) is 16.1. The van der Waals surface area contributed by atoms with Gasteiger partial charge in [0.15, 0.2) is 0 Å². The maximum atomic E-state index is 12.8. The number of aryl methyl sites for hydroxylation is 2. The third-order valence-electron chi connectivity index (χ3n) is 3.31. The Bertz CT molecular complexity index is 771. The first-order valence-corrected chi connectivity index (χ1v) is 6.75. The van der Waals surface area contributed by atoms with Gasteiger partial charge in [-0.3, -0.25) is 4.79 Å². The standard InChI is InChI=1S/C18H15FN2O/c1-12-3-4-14(9-13(12)2)10-15(11-20)18(22)21-17-7-5-16(19)6-8-17/h3-10H,1-2H3,(H,21,22)/b15-10+. The van der Waals surface area contributed by atoms with Crippen LogP contribution in [0.2, 0.25) is 0 Å². The van der Waals surface area contributed by atoms with Crippen molar-refractivity contribution in [2.24, 2.45) is 0 Å². The molecule has 0 fully saturated rings. The van der Waals surface area contributed by atoms with E-state index in [9.17, 15) is 9.18 Å². The van der Waals surface area contributed by atoms with E-state index in [0.29, 0.717) is 5.69 Å². The van der Waals surface area contributed by atoms with Crippen LogP contribution in [0.25, 0.3) is 6.08 Å². The van der Waals surface area contributed by atoms with Gasteiger partial charge < -0.3 is 5.32 Å². The van der Waals surface area contributed by atoms with Crippen LogP contribution in [0.4, 0.5) is 10.1 Å². The molecule has 0 bridgehead atoms. The Morgan fingerprint density at radius 3 is 2.41 bits per heavy atom. The van der Waals surface area contributed by atoms with Crippen LogP contribution in [-0.4, -0.2) is 5.91 Å². The minimum atomic E-state index is -0.521. The quantitative estimate of drug-likeness (QED) is 0.687. The van der Waals surface area contributed by atoms with Gasteiger partial charge in [0.05, 0.1) is 0 Å². The van der Waals surface area contributed by atoms with Crippen LogP contribution >= 0.6 is 0 Å². The first-order chi connectivity index (χ1) is 10.5. The molecule has 0 aliphatic carbocycles. The summed E-state index contributed by atoms with van der Waals surface area (Å²) in [4.78, 5) is 12.1. The van der Waals surface area contributed by atoms with Crippen LogP contribution < -0.4 is 5.32 Å². The zero-order valence-corrected chi connectivity index (χ0v) is 12.4. The van der Waals surface area contributed by atoms with Crippen molar-refractivity contribution in [2.45, 2.75) is 13.8 Å². The molecular formula is C18H15FN2O. The minimum absolute atomic E-state index is 0.00687. The molecule has 0 aromatic heterocycles. The highest BCUT2D eigenvalue weighted by Crippen LogP contribution is 2.15. The van der Waals surface area contributed by atoms with E-state index in [-0.39, 0.29) is 11.4 Å². The van der Waals surface area contributed by atoms with Crippen molar-refractivity contribution < 1.29 is 9.18 Å². The second kappa shape index (κ2) is 6.68. The molecule has 110 valence electrons. The van der Waals surface area contributed by atoms with Crippen molar-refractivity contribution in [3.63, 3.8) is 0 Å². The van der Waals surface area contributed by atoms with Gasteiger partial charge in [-0.1, -0.05) is 18.2 Å². The summed E-state index contributed by atoms with van der Waals surface area (Å²) in [6, 6.07) is 13.0. The molecule has 22 heavy (non-hydrogen) atoms. The predicted octanol–water partition coefficient (Wildman–Crippen LogP) is 3.99. The fraction of sp³-hybridized carbons (Fsp3) is 0.111. The first-order valence-electron chi connectivity index (χ1n) is 6.75.